The Morgan fingerprint density at radius 3 is 2.59 bits per heavy atom. The van der Waals surface area contributed by atoms with Crippen molar-refractivity contribution >= 4 is 16.9 Å². The highest BCUT2D eigenvalue weighted by Crippen LogP contribution is 2.23. The number of rotatable bonds is 4. The van der Waals surface area contributed by atoms with E-state index < -0.39 is 0 Å². The van der Waals surface area contributed by atoms with Crippen molar-refractivity contribution in [3.8, 4) is 0 Å². The van der Waals surface area contributed by atoms with E-state index in [9.17, 15) is 0 Å². The molecule has 1 rings (SSSR count). The Morgan fingerprint density at radius 1 is 1.41 bits per heavy atom. The molecule has 1 heterocycles. The molecule has 0 bridgehead atoms. The fourth-order valence-corrected chi connectivity index (χ4v) is 3.38. The van der Waals surface area contributed by atoms with Crippen molar-refractivity contribution in [1.29, 1.82) is 0 Å². The number of aliphatic imine (C=N–C) groups is 1. The average molecular weight is 257 g/mol. The molecule has 17 heavy (non-hydrogen) atoms. The van der Waals surface area contributed by atoms with Crippen LogP contribution in [-0.2, 0) is 0 Å². The summed E-state index contributed by atoms with van der Waals surface area (Å²) in [5.74, 6) is 1.17. The predicted molar refractivity (Wildman–Crippen MR) is 78.9 cm³/mol. The zero-order valence-corrected chi connectivity index (χ0v) is 12.9. The first-order valence-corrected chi connectivity index (χ1v) is 7.29. The summed E-state index contributed by atoms with van der Waals surface area (Å²) >= 11 is 1.85. The predicted octanol–water partition coefficient (Wildman–Crippen LogP) is 2.44. The second-order valence-corrected chi connectivity index (χ2v) is 7.71. The minimum absolute atomic E-state index is 0.204. The fourth-order valence-electron chi connectivity index (χ4n) is 2.07. The van der Waals surface area contributed by atoms with Gasteiger partial charge in [-0.25, -0.2) is 0 Å². The number of thioether (sulfide) groups is 1. The Kier molecular flexibility index (Phi) is 4.90. The molecule has 0 saturated carbocycles. The lowest BCUT2D eigenvalue weighted by molar-refractivity contribution is 0.249. The van der Waals surface area contributed by atoms with Crippen molar-refractivity contribution in [1.82, 2.24) is 10.2 Å². The summed E-state index contributed by atoms with van der Waals surface area (Å²) < 4.78 is 0. The first kappa shape index (κ1) is 14.8. The quantitative estimate of drug-likeness (QED) is 0.838. The van der Waals surface area contributed by atoms with E-state index in [0.717, 1.165) is 18.3 Å². The Bertz CT molecular complexity index is 282. The molecule has 1 N–H and O–H groups in total. The molecule has 1 aliphatic rings. The van der Waals surface area contributed by atoms with Crippen LogP contribution in [0.15, 0.2) is 4.99 Å². The maximum absolute atomic E-state index is 4.75. The number of hydrogen-bond donors (Lipinski definition) is 1. The Labute approximate surface area is 110 Å². The topological polar surface area (TPSA) is 27.6 Å². The highest BCUT2D eigenvalue weighted by atomic mass is 32.2. The van der Waals surface area contributed by atoms with Gasteiger partial charge in [-0.1, -0.05) is 25.6 Å². The van der Waals surface area contributed by atoms with Gasteiger partial charge in [0.15, 0.2) is 5.17 Å². The number of nitrogens with one attached hydrogen (secondary N) is 1. The first-order chi connectivity index (χ1) is 7.70. The molecule has 4 heteroatoms. The zero-order valence-electron chi connectivity index (χ0n) is 12.1. The molecule has 100 valence electrons. The van der Waals surface area contributed by atoms with E-state index in [2.05, 4.69) is 52.0 Å². The lowest BCUT2D eigenvalue weighted by Gasteiger charge is -2.33. The first-order valence-electron chi connectivity index (χ1n) is 6.30. The van der Waals surface area contributed by atoms with E-state index >= 15 is 0 Å². The van der Waals surface area contributed by atoms with Crippen LogP contribution in [0.1, 0.15) is 34.1 Å². The SMILES string of the molecule is CN(C)CC(C)(C)CN=C1NC(C)(C)CCS1. The van der Waals surface area contributed by atoms with Crippen molar-refractivity contribution in [2.45, 2.75) is 39.7 Å². The number of hydrogen-bond acceptors (Lipinski definition) is 3. The monoisotopic (exact) mass is 257 g/mol. The third-order valence-corrected chi connectivity index (χ3v) is 3.72. The molecular formula is C13H27N3S. The van der Waals surface area contributed by atoms with Gasteiger partial charge < -0.3 is 10.2 Å². The summed E-state index contributed by atoms with van der Waals surface area (Å²) in [7, 11) is 4.23. The summed E-state index contributed by atoms with van der Waals surface area (Å²) in [5, 5.41) is 4.64. The van der Waals surface area contributed by atoms with Crippen LogP contribution >= 0.6 is 11.8 Å². The summed E-state index contributed by atoms with van der Waals surface area (Å²) in [5.41, 5.74) is 0.441. The maximum Gasteiger partial charge on any atom is 0.156 e. The number of amidine groups is 1. The molecule has 0 amide bonds. The van der Waals surface area contributed by atoms with Gasteiger partial charge >= 0.3 is 0 Å². The van der Waals surface area contributed by atoms with Gasteiger partial charge in [0.1, 0.15) is 0 Å². The standard InChI is InChI=1S/C13H27N3S/c1-12(2,10-16(5)6)9-14-11-15-13(3,4)7-8-17-11/h7-10H2,1-6H3,(H,14,15). The van der Waals surface area contributed by atoms with E-state index in [-0.39, 0.29) is 11.0 Å². The largest absolute Gasteiger partial charge is 0.360 e. The van der Waals surface area contributed by atoms with Gasteiger partial charge in [-0.05, 0) is 39.8 Å². The van der Waals surface area contributed by atoms with Crippen molar-refractivity contribution in [2.24, 2.45) is 10.4 Å². The van der Waals surface area contributed by atoms with Crippen LogP contribution in [0, 0.1) is 5.41 Å². The average Bonchev–Trinajstić information content (AvgIpc) is 2.11. The Balaban J connectivity index is 2.52. The van der Waals surface area contributed by atoms with Crippen LogP contribution in [-0.4, -0.2) is 48.5 Å². The Morgan fingerprint density at radius 2 is 2.06 bits per heavy atom. The molecule has 1 aliphatic heterocycles. The van der Waals surface area contributed by atoms with Crippen molar-refractivity contribution < 1.29 is 0 Å². The van der Waals surface area contributed by atoms with Gasteiger partial charge in [-0.3, -0.25) is 4.99 Å². The van der Waals surface area contributed by atoms with Crippen molar-refractivity contribution in [3.05, 3.63) is 0 Å². The molecule has 1 fully saturated rings. The molecule has 0 aromatic heterocycles. The molecule has 0 radical (unpaired) electrons. The highest BCUT2D eigenvalue weighted by Gasteiger charge is 2.25. The Hall–Kier alpha value is -0.220. The maximum atomic E-state index is 4.75. The second kappa shape index (κ2) is 5.61. The summed E-state index contributed by atoms with van der Waals surface area (Å²) in [4.78, 5) is 6.97. The van der Waals surface area contributed by atoms with Gasteiger partial charge in [0.05, 0.1) is 0 Å². The van der Waals surface area contributed by atoms with E-state index in [0.29, 0.717) is 0 Å². The molecule has 0 spiro atoms. The normalized spacial score (nSPS) is 22.9. The van der Waals surface area contributed by atoms with Gasteiger partial charge in [0, 0.05) is 24.4 Å². The van der Waals surface area contributed by atoms with E-state index in [1.165, 1.54) is 12.2 Å². The smallest absolute Gasteiger partial charge is 0.156 e. The van der Waals surface area contributed by atoms with Gasteiger partial charge in [0.25, 0.3) is 0 Å². The molecule has 0 unspecified atom stereocenters. The fraction of sp³-hybridized carbons (Fsp3) is 0.923. The molecule has 0 aromatic carbocycles. The van der Waals surface area contributed by atoms with E-state index in [4.69, 9.17) is 4.99 Å². The molecule has 1 saturated heterocycles. The van der Waals surface area contributed by atoms with Crippen LogP contribution in [0.4, 0.5) is 0 Å². The lowest BCUT2D eigenvalue weighted by atomic mass is 9.93. The third kappa shape index (κ3) is 5.77. The van der Waals surface area contributed by atoms with Crippen molar-refractivity contribution in [3.63, 3.8) is 0 Å². The minimum atomic E-state index is 0.204. The van der Waals surface area contributed by atoms with Crippen LogP contribution < -0.4 is 5.32 Å². The summed E-state index contributed by atoms with van der Waals surface area (Å²) in [6.07, 6.45) is 1.21. The van der Waals surface area contributed by atoms with Crippen LogP contribution in [0.3, 0.4) is 0 Å². The lowest BCUT2D eigenvalue weighted by Crippen LogP contribution is -2.46. The second-order valence-electron chi connectivity index (χ2n) is 6.63. The van der Waals surface area contributed by atoms with Crippen molar-refractivity contribution in [2.75, 3.05) is 32.9 Å². The van der Waals surface area contributed by atoms with Gasteiger partial charge in [-0.2, -0.15) is 0 Å². The van der Waals surface area contributed by atoms with Crippen LogP contribution in [0.25, 0.3) is 0 Å². The van der Waals surface area contributed by atoms with E-state index in [1.54, 1.807) is 0 Å². The van der Waals surface area contributed by atoms with Gasteiger partial charge in [-0.15, -0.1) is 0 Å². The zero-order chi connectivity index (χ0) is 13.1. The molecular weight excluding hydrogens is 230 g/mol. The molecule has 0 aliphatic carbocycles. The third-order valence-electron chi connectivity index (χ3n) is 2.81. The highest BCUT2D eigenvalue weighted by molar-refractivity contribution is 8.13. The van der Waals surface area contributed by atoms with Crippen LogP contribution in [0.2, 0.25) is 0 Å². The molecule has 0 aromatic rings. The molecule has 3 nitrogen and oxygen atoms in total. The number of nitrogens with zero attached hydrogens (tertiary/aromatic N) is 2. The minimum Gasteiger partial charge on any atom is -0.360 e. The van der Waals surface area contributed by atoms with Gasteiger partial charge in [0.2, 0.25) is 0 Å². The summed E-state index contributed by atoms with van der Waals surface area (Å²) in [6, 6.07) is 0. The van der Waals surface area contributed by atoms with Crippen LogP contribution in [0.5, 0.6) is 0 Å². The van der Waals surface area contributed by atoms with E-state index in [1.807, 2.05) is 11.8 Å². The summed E-state index contributed by atoms with van der Waals surface area (Å²) in [6.45, 7) is 11.0. The molecule has 0 atom stereocenters.